The maximum absolute atomic E-state index is 9.84. The van der Waals surface area contributed by atoms with E-state index >= 15 is 0 Å². The number of hydrogen-bond donors (Lipinski definition) is 0. The number of Topliss-reactive ketones (excluding diaryl/α,β-unsaturated/α-hetero) is 1. The van der Waals surface area contributed by atoms with Gasteiger partial charge in [0.25, 0.3) is 0 Å². The number of aliphatic carboxylic acids is 1. The molecule has 5 heteroatoms. The predicted octanol–water partition coefficient (Wildman–Crippen LogP) is -4.26. The van der Waals surface area contributed by atoms with Crippen LogP contribution in [0.3, 0.4) is 0 Å². The van der Waals surface area contributed by atoms with E-state index in [0.29, 0.717) is 0 Å². The van der Waals surface area contributed by atoms with E-state index < -0.39 is 11.8 Å². The second kappa shape index (κ2) is 6.00. The number of hydrogen-bond acceptors (Lipinski definition) is 3. The van der Waals surface area contributed by atoms with Crippen LogP contribution in [0.25, 0.3) is 0 Å². The maximum atomic E-state index is 9.84. The van der Waals surface area contributed by atoms with Crippen LogP contribution in [0.1, 0.15) is 0 Å². The molecule has 0 fully saturated rings. The van der Waals surface area contributed by atoms with Crippen molar-refractivity contribution in [2.45, 2.75) is 0 Å². The van der Waals surface area contributed by atoms with Crippen molar-refractivity contribution in [3.05, 3.63) is 0 Å². The minimum absolute atomic E-state index is 0. The molecule has 0 aromatic carbocycles. The third-order valence-corrected chi connectivity index (χ3v) is 1.04. The SMILES string of the molecule is O=C([O-])C(=O)CI.[Na+]. The Hall–Kier alpha value is 0.870. The van der Waals surface area contributed by atoms with Gasteiger partial charge in [-0.2, -0.15) is 0 Å². The summed E-state index contributed by atoms with van der Waals surface area (Å²) in [5.74, 6) is -2.46. The Morgan fingerprint density at radius 3 is 1.88 bits per heavy atom. The van der Waals surface area contributed by atoms with E-state index in [2.05, 4.69) is 0 Å². The quantitative estimate of drug-likeness (QED) is 0.211. The minimum atomic E-state index is -1.60. The van der Waals surface area contributed by atoms with E-state index in [0.717, 1.165) is 0 Å². The third-order valence-electron chi connectivity index (χ3n) is 0.349. The first-order chi connectivity index (χ1) is 3.18. The average Bonchev–Trinajstić information content (AvgIpc) is 1.65. The number of alkyl halides is 1. The smallest absolute Gasteiger partial charge is 0.542 e. The summed E-state index contributed by atoms with van der Waals surface area (Å²) in [7, 11) is 0. The van der Waals surface area contributed by atoms with E-state index in [4.69, 9.17) is 0 Å². The largest absolute Gasteiger partial charge is 1.00 e. The summed E-state index contributed by atoms with van der Waals surface area (Å²) < 4.78 is -0.0138. The molecule has 0 aliphatic rings. The maximum Gasteiger partial charge on any atom is 1.00 e. The Balaban J connectivity index is 0. The molecule has 40 valence electrons. The number of carbonyl (C=O) groups is 2. The van der Waals surface area contributed by atoms with E-state index in [1.54, 1.807) is 22.6 Å². The number of carboxylic acid groups (broad SMARTS) is 1. The Morgan fingerprint density at radius 2 is 1.88 bits per heavy atom. The van der Waals surface area contributed by atoms with Gasteiger partial charge in [-0.25, -0.2) is 0 Å². The molecule has 0 spiro atoms. The van der Waals surface area contributed by atoms with Crippen LogP contribution in [0.2, 0.25) is 0 Å². The van der Waals surface area contributed by atoms with Crippen molar-refractivity contribution in [2.24, 2.45) is 0 Å². The van der Waals surface area contributed by atoms with Gasteiger partial charge < -0.3 is 9.90 Å². The molecule has 3 nitrogen and oxygen atoms in total. The first-order valence-electron chi connectivity index (χ1n) is 1.48. The fraction of sp³-hybridized carbons (Fsp3) is 0.333. The van der Waals surface area contributed by atoms with Crippen molar-refractivity contribution in [3.63, 3.8) is 0 Å². The van der Waals surface area contributed by atoms with Gasteiger partial charge in [-0.1, -0.05) is 22.6 Å². The van der Waals surface area contributed by atoms with Crippen LogP contribution in [-0.4, -0.2) is 16.2 Å². The molecule has 0 radical (unpaired) electrons. The molecule has 0 heterocycles. The molecular formula is C3H2INaO3. The molecule has 0 saturated carbocycles. The van der Waals surface area contributed by atoms with Gasteiger partial charge in [0, 0.05) is 0 Å². The fourth-order valence-corrected chi connectivity index (χ4v) is 0.366. The molecule has 0 unspecified atom stereocenters. The van der Waals surface area contributed by atoms with Gasteiger partial charge in [-0.15, -0.1) is 0 Å². The standard InChI is InChI=1S/C3H3IO3.Na/c4-1-2(5)3(6)7;/h1H2,(H,6,7);/q;+1/p-1. The second-order valence-corrected chi connectivity index (χ2v) is 1.61. The molecule has 0 saturated heterocycles. The topological polar surface area (TPSA) is 57.2 Å². The Labute approximate surface area is 82.3 Å². The van der Waals surface area contributed by atoms with Crippen LogP contribution in [0.15, 0.2) is 0 Å². The summed E-state index contributed by atoms with van der Waals surface area (Å²) in [6.07, 6.45) is 0. The first-order valence-corrected chi connectivity index (χ1v) is 3.01. The molecule has 0 aliphatic heterocycles. The number of carboxylic acids is 1. The van der Waals surface area contributed by atoms with Crippen molar-refractivity contribution in [3.8, 4) is 0 Å². The molecule has 0 N–H and O–H groups in total. The predicted molar refractivity (Wildman–Crippen MR) is 28.9 cm³/mol. The zero-order valence-electron chi connectivity index (χ0n) is 4.31. The van der Waals surface area contributed by atoms with Crippen LogP contribution in [-0.2, 0) is 9.59 Å². The Bertz CT molecular complexity index is 103. The zero-order chi connectivity index (χ0) is 5.86. The second-order valence-electron chi connectivity index (χ2n) is 0.844. The summed E-state index contributed by atoms with van der Waals surface area (Å²) in [5.41, 5.74) is 0. The summed E-state index contributed by atoms with van der Waals surface area (Å²) >= 11 is 1.66. The van der Waals surface area contributed by atoms with Crippen LogP contribution < -0.4 is 34.7 Å². The molecule has 8 heavy (non-hydrogen) atoms. The molecule has 0 rings (SSSR count). The zero-order valence-corrected chi connectivity index (χ0v) is 8.47. The normalized spacial score (nSPS) is 7.12. The van der Waals surface area contributed by atoms with Crippen molar-refractivity contribution >= 4 is 34.3 Å². The average molecular weight is 236 g/mol. The van der Waals surface area contributed by atoms with Gasteiger partial charge in [0.2, 0.25) is 0 Å². The molecule has 0 amide bonds. The number of rotatable bonds is 2. The molecule has 0 aliphatic carbocycles. The first kappa shape index (κ1) is 11.6. The molecule has 0 aromatic rings. The molecule has 0 bridgehead atoms. The van der Waals surface area contributed by atoms with Crippen molar-refractivity contribution in [1.29, 1.82) is 0 Å². The van der Waals surface area contributed by atoms with Crippen molar-refractivity contribution in [1.82, 2.24) is 0 Å². The van der Waals surface area contributed by atoms with Crippen LogP contribution in [0.5, 0.6) is 0 Å². The molecule has 0 aromatic heterocycles. The molecule has 0 atom stereocenters. The summed E-state index contributed by atoms with van der Waals surface area (Å²) in [5, 5.41) is 9.46. The van der Waals surface area contributed by atoms with Gasteiger partial charge in [-0.3, -0.25) is 4.79 Å². The Kier molecular flexibility index (Phi) is 8.73. The van der Waals surface area contributed by atoms with Crippen LogP contribution in [0, 0.1) is 0 Å². The van der Waals surface area contributed by atoms with Crippen molar-refractivity contribution < 1.29 is 44.3 Å². The number of halogens is 1. The van der Waals surface area contributed by atoms with E-state index in [1.165, 1.54) is 0 Å². The monoisotopic (exact) mass is 236 g/mol. The van der Waals surface area contributed by atoms with Crippen molar-refractivity contribution in [2.75, 3.05) is 4.43 Å². The Morgan fingerprint density at radius 1 is 1.50 bits per heavy atom. The minimum Gasteiger partial charge on any atom is -0.542 e. The fourth-order valence-electron chi connectivity index (χ4n) is 0.0546. The van der Waals surface area contributed by atoms with E-state index in [-0.39, 0.29) is 34.0 Å². The number of ketones is 1. The summed E-state index contributed by atoms with van der Waals surface area (Å²) in [4.78, 5) is 19.3. The van der Waals surface area contributed by atoms with E-state index in [1.807, 2.05) is 0 Å². The van der Waals surface area contributed by atoms with Crippen LogP contribution >= 0.6 is 22.6 Å². The third kappa shape index (κ3) is 5.02. The van der Waals surface area contributed by atoms with Gasteiger partial charge >= 0.3 is 29.6 Å². The van der Waals surface area contributed by atoms with Gasteiger partial charge in [0.05, 0.1) is 4.43 Å². The van der Waals surface area contributed by atoms with Crippen LogP contribution in [0.4, 0.5) is 0 Å². The molecular weight excluding hydrogens is 234 g/mol. The summed E-state index contributed by atoms with van der Waals surface area (Å²) in [6, 6.07) is 0. The van der Waals surface area contributed by atoms with E-state index in [9.17, 15) is 14.7 Å². The van der Waals surface area contributed by atoms with Gasteiger partial charge in [0.15, 0.2) is 5.78 Å². The van der Waals surface area contributed by atoms with Gasteiger partial charge in [-0.05, 0) is 0 Å². The summed E-state index contributed by atoms with van der Waals surface area (Å²) in [6.45, 7) is 0. The van der Waals surface area contributed by atoms with Gasteiger partial charge in [0.1, 0.15) is 5.97 Å². The number of carbonyl (C=O) groups excluding carboxylic acids is 2.